The molecule has 1 aliphatic heterocycles. The molecule has 1 aliphatic rings. The van der Waals surface area contributed by atoms with Crippen LogP contribution in [0.4, 0.5) is 0 Å². The number of nitrogens with zero attached hydrogens (tertiary/aromatic N) is 1. The van der Waals surface area contributed by atoms with Gasteiger partial charge in [0.15, 0.2) is 0 Å². The van der Waals surface area contributed by atoms with E-state index in [1.54, 1.807) is 27.7 Å². The number of carboxylic acid groups (broad SMARTS) is 3. The number of carbonyl (C=O) groups excluding carboxylic acids is 8. The molecule has 0 bridgehead atoms. The molecule has 1 saturated heterocycles. The van der Waals surface area contributed by atoms with Crippen molar-refractivity contribution in [1.29, 1.82) is 0 Å². The van der Waals surface area contributed by atoms with Crippen LogP contribution in [0.1, 0.15) is 108 Å². The molecule has 0 spiro atoms. The highest BCUT2D eigenvalue weighted by molar-refractivity contribution is 5.99. The zero-order chi connectivity index (χ0) is 52.5. The lowest BCUT2D eigenvalue weighted by Gasteiger charge is -2.31. The predicted molar refractivity (Wildman–Crippen MR) is 240 cm³/mol. The number of aliphatic hydroxyl groups is 2. The molecule has 25 heteroatoms. The first-order valence-electron chi connectivity index (χ1n) is 22.6. The van der Waals surface area contributed by atoms with Gasteiger partial charge in [0.05, 0.1) is 25.0 Å². The molecule has 0 aromatic heterocycles. The minimum Gasteiger partial charge on any atom is -0.481 e. The van der Waals surface area contributed by atoms with Gasteiger partial charge in [-0.1, -0.05) is 55.4 Å². The Morgan fingerprint density at radius 3 is 1.31 bits per heavy atom. The number of nitrogens with one attached hydrogen (secondary N) is 7. The molecule has 14 N–H and O–H groups in total. The first-order valence-corrected chi connectivity index (χ1v) is 22.6. The van der Waals surface area contributed by atoms with Gasteiger partial charge in [-0.05, 0) is 63.2 Å². The Hall–Kier alpha value is -5.95. The molecular weight excluding hydrogens is 899 g/mol. The molecule has 0 radical (unpaired) electrons. The number of hydrogen-bond donors (Lipinski definition) is 13. The highest BCUT2D eigenvalue weighted by atomic mass is 16.4. The van der Waals surface area contributed by atoms with Crippen LogP contribution in [-0.4, -0.2) is 169 Å². The van der Waals surface area contributed by atoms with E-state index in [1.165, 1.54) is 41.5 Å². The minimum atomic E-state index is -1.87. The van der Waals surface area contributed by atoms with E-state index < -0.39 is 156 Å². The van der Waals surface area contributed by atoms with Crippen molar-refractivity contribution in [3.05, 3.63) is 0 Å². The molecule has 1 fully saturated rings. The first kappa shape index (κ1) is 60.1. The van der Waals surface area contributed by atoms with Gasteiger partial charge in [0.1, 0.15) is 54.4 Å². The highest BCUT2D eigenvalue weighted by Gasteiger charge is 2.42. The van der Waals surface area contributed by atoms with Crippen molar-refractivity contribution in [2.75, 3.05) is 6.54 Å². The lowest BCUT2D eigenvalue weighted by atomic mass is 9.98. The van der Waals surface area contributed by atoms with E-state index >= 15 is 0 Å². The summed E-state index contributed by atoms with van der Waals surface area (Å²) in [5.41, 5.74) is 5.66. The molecule has 0 aromatic carbocycles. The maximum atomic E-state index is 13.8. The molecule has 1 heterocycles. The summed E-state index contributed by atoms with van der Waals surface area (Å²) in [6.07, 6.45) is -4.39. The van der Waals surface area contributed by atoms with Crippen LogP contribution in [0.15, 0.2) is 0 Å². The fraction of sp³-hybridized carbons (Fsp3) is 0.744. The van der Waals surface area contributed by atoms with Gasteiger partial charge in [-0.2, -0.15) is 0 Å². The van der Waals surface area contributed by atoms with Crippen molar-refractivity contribution in [2.45, 2.75) is 174 Å². The second kappa shape index (κ2) is 27.8. The summed E-state index contributed by atoms with van der Waals surface area (Å²) >= 11 is 0. The summed E-state index contributed by atoms with van der Waals surface area (Å²) in [6.45, 7) is 15.4. The molecule has 8 amide bonds. The topological polar surface area (TPSA) is 402 Å². The lowest BCUT2D eigenvalue weighted by Crippen LogP contribution is -2.62. The van der Waals surface area contributed by atoms with Crippen LogP contribution in [0, 0.1) is 23.7 Å². The van der Waals surface area contributed by atoms with E-state index in [-0.39, 0.29) is 44.1 Å². The van der Waals surface area contributed by atoms with Gasteiger partial charge >= 0.3 is 17.9 Å². The molecule has 1 rings (SSSR count). The van der Waals surface area contributed by atoms with Crippen LogP contribution in [0.25, 0.3) is 0 Å². The predicted octanol–water partition coefficient (Wildman–Crippen LogP) is -3.10. The van der Waals surface area contributed by atoms with Gasteiger partial charge in [-0.25, -0.2) is 4.79 Å². The number of carbonyl (C=O) groups is 11. The van der Waals surface area contributed by atoms with Gasteiger partial charge in [0.2, 0.25) is 47.3 Å². The normalized spacial score (nSPS) is 18.1. The molecule has 0 aromatic rings. The average molecular weight is 972 g/mol. The number of carboxylic acids is 3. The summed E-state index contributed by atoms with van der Waals surface area (Å²) in [7, 11) is 0. The molecular formula is C43H73N9O16. The third-order valence-electron chi connectivity index (χ3n) is 10.9. The Balaban J connectivity index is 3.33. The number of likely N-dealkylation sites (tertiary alicyclic amines) is 1. The standard InChI is InChI=1S/C43H73N9O16/c1-18(2)14-24(35(59)48-27(43(67)68)15-19(3)4)46-40(64)32(20(5)6)50-37(61)26(17-30(57)58)47-41(65)33(21(7)8)49-36(60)25(16-29(55)56)45-38(62)28-12-11-13-52(28)42(66)34(23(10)54)51-39(63)31(44)22(9)53/h18-28,31-34,53-54H,11-17,44H2,1-10H3,(H,45,62)(H,46,64)(H,47,65)(H,48,59)(H,49,60)(H,50,61)(H,51,63)(H,55,56)(H,57,58)(H,67,68)/t22-,23-,24+,25+,26+,27+,28+,31+,32+,33+,34+/m1/s1. The van der Waals surface area contributed by atoms with Crippen molar-refractivity contribution < 1.29 is 78.3 Å². The van der Waals surface area contributed by atoms with Gasteiger partial charge in [0, 0.05) is 6.54 Å². The number of nitrogens with two attached hydrogens (primary N) is 1. The number of rotatable bonds is 28. The second-order valence-corrected chi connectivity index (χ2v) is 18.7. The van der Waals surface area contributed by atoms with Gasteiger partial charge < -0.3 is 73.4 Å². The van der Waals surface area contributed by atoms with E-state index in [0.717, 1.165) is 4.90 Å². The summed E-state index contributed by atoms with van der Waals surface area (Å²) in [4.78, 5) is 145. The molecule has 11 atom stereocenters. The first-order chi connectivity index (χ1) is 31.4. The average Bonchev–Trinajstić information content (AvgIpc) is 3.71. The van der Waals surface area contributed by atoms with E-state index in [4.69, 9.17) is 5.73 Å². The number of amides is 8. The summed E-state index contributed by atoms with van der Waals surface area (Å²) < 4.78 is 0. The van der Waals surface area contributed by atoms with Crippen molar-refractivity contribution in [1.82, 2.24) is 42.1 Å². The lowest BCUT2D eigenvalue weighted by molar-refractivity contribution is -0.145. The van der Waals surface area contributed by atoms with Crippen molar-refractivity contribution >= 4 is 65.2 Å². The fourth-order valence-corrected chi connectivity index (χ4v) is 7.14. The Morgan fingerprint density at radius 1 is 0.515 bits per heavy atom. The molecule has 0 unspecified atom stereocenters. The SMILES string of the molecule is CC(C)C[C@H](NC(=O)[C@H](CC(C)C)NC(=O)[C@@H](NC(=O)[C@H](CC(=O)O)NC(=O)[C@@H](NC(=O)[C@H](CC(=O)O)NC(=O)[C@@H]1CCCN1C(=O)[C@@H](NC(=O)[C@@H](N)[C@@H](C)O)[C@@H](C)O)C(C)C)C(C)C)C(=O)O. The Kier molecular flexibility index (Phi) is 24.5. The van der Waals surface area contributed by atoms with Crippen LogP contribution in [0.3, 0.4) is 0 Å². The maximum Gasteiger partial charge on any atom is 0.326 e. The highest BCUT2D eigenvalue weighted by Crippen LogP contribution is 2.20. The van der Waals surface area contributed by atoms with Gasteiger partial charge in [0.25, 0.3) is 0 Å². The Labute approximate surface area is 395 Å². The van der Waals surface area contributed by atoms with E-state index in [2.05, 4.69) is 37.2 Å². The molecule has 0 aliphatic carbocycles. The molecule has 68 heavy (non-hydrogen) atoms. The summed E-state index contributed by atoms with van der Waals surface area (Å²) in [5, 5.41) is 65.7. The van der Waals surface area contributed by atoms with Crippen molar-refractivity contribution in [2.24, 2.45) is 29.4 Å². The summed E-state index contributed by atoms with van der Waals surface area (Å²) in [6, 6.07) is -13.6. The zero-order valence-electron chi connectivity index (χ0n) is 40.4. The van der Waals surface area contributed by atoms with Crippen LogP contribution in [-0.2, 0) is 52.7 Å². The molecule has 0 saturated carbocycles. The van der Waals surface area contributed by atoms with Crippen LogP contribution in [0.5, 0.6) is 0 Å². The van der Waals surface area contributed by atoms with Crippen LogP contribution in [0.2, 0.25) is 0 Å². The Bertz CT molecular complexity index is 1820. The smallest absolute Gasteiger partial charge is 0.326 e. The van der Waals surface area contributed by atoms with E-state index in [9.17, 15) is 78.3 Å². The number of hydrogen-bond acceptors (Lipinski definition) is 14. The van der Waals surface area contributed by atoms with Gasteiger partial charge in [-0.3, -0.25) is 47.9 Å². The third kappa shape index (κ3) is 19.3. The maximum absolute atomic E-state index is 13.8. The van der Waals surface area contributed by atoms with Crippen LogP contribution >= 0.6 is 0 Å². The zero-order valence-corrected chi connectivity index (χ0v) is 40.4. The van der Waals surface area contributed by atoms with Gasteiger partial charge in [-0.15, -0.1) is 0 Å². The number of aliphatic hydroxyl groups excluding tert-OH is 2. The van der Waals surface area contributed by atoms with E-state index in [1.807, 2.05) is 0 Å². The Morgan fingerprint density at radius 2 is 0.912 bits per heavy atom. The summed E-state index contributed by atoms with van der Waals surface area (Å²) in [5.74, 6) is -14.1. The minimum absolute atomic E-state index is 0.0234. The van der Waals surface area contributed by atoms with Crippen molar-refractivity contribution in [3.8, 4) is 0 Å². The second-order valence-electron chi connectivity index (χ2n) is 18.7. The molecule has 386 valence electrons. The quantitative estimate of drug-likeness (QED) is 0.0369. The van der Waals surface area contributed by atoms with E-state index in [0.29, 0.717) is 0 Å². The van der Waals surface area contributed by atoms with Crippen LogP contribution < -0.4 is 43.0 Å². The third-order valence-corrected chi connectivity index (χ3v) is 10.9. The monoisotopic (exact) mass is 972 g/mol. The molecule has 25 nitrogen and oxygen atoms in total. The fourth-order valence-electron chi connectivity index (χ4n) is 7.14. The largest absolute Gasteiger partial charge is 0.481 e. The number of aliphatic carboxylic acids is 3. The van der Waals surface area contributed by atoms with Crippen molar-refractivity contribution in [3.63, 3.8) is 0 Å².